The Bertz CT molecular complexity index is 428. The smallest absolute Gasteiger partial charge is 0.127 e. The Morgan fingerprint density at radius 3 is 2.78 bits per heavy atom. The van der Waals surface area contributed by atoms with Crippen LogP contribution < -0.4 is 0 Å². The minimum atomic E-state index is -0.267. The summed E-state index contributed by atoms with van der Waals surface area (Å²) in [6, 6.07) is 6.70. The number of rotatable bonds is 6. The van der Waals surface area contributed by atoms with Gasteiger partial charge in [0.2, 0.25) is 0 Å². The van der Waals surface area contributed by atoms with Gasteiger partial charge in [-0.2, -0.15) is 5.26 Å². The van der Waals surface area contributed by atoms with Crippen LogP contribution >= 0.6 is 0 Å². The van der Waals surface area contributed by atoms with Crippen LogP contribution in [-0.2, 0) is 11.3 Å². The summed E-state index contributed by atoms with van der Waals surface area (Å²) in [5, 5.41) is 8.83. The van der Waals surface area contributed by atoms with Gasteiger partial charge in [0.15, 0.2) is 0 Å². The highest BCUT2D eigenvalue weighted by Gasteiger charge is 2.14. The van der Waals surface area contributed by atoms with Crippen molar-refractivity contribution in [2.75, 3.05) is 20.3 Å². The highest BCUT2D eigenvalue weighted by Crippen LogP contribution is 2.14. The van der Waals surface area contributed by atoms with Gasteiger partial charge in [-0.1, -0.05) is 6.92 Å². The van der Waals surface area contributed by atoms with E-state index in [0.29, 0.717) is 24.3 Å². The van der Waals surface area contributed by atoms with Crippen molar-refractivity contribution in [2.24, 2.45) is 0 Å². The second-order valence-corrected chi connectivity index (χ2v) is 4.29. The first-order valence-corrected chi connectivity index (χ1v) is 6.03. The molecule has 1 atom stereocenters. The highest BCUT2D eigenvalue weighted by molar-refractivity contribution is 5.33. The van der Waals surface area contributed by atoms with Crippen molar-refractivity contribution < 1.29 is 9.13 Å². The van der Waals surface area contributed by atoms with Gasteiger partial charge in [-0.25, -0.2) is 4.39 Å². The summed E-state index contributed by atoms with van der Waals surface area (Å²) >= 11 is 0. The lowest BCUT2D eigenvalue weighted by Crippen LogP contribution is -2.35. The van der Waals surface area contributed by atoms with E-state index in [9.17, 15) is 4.39 Å². The van der Waals surface area contributed by atoms with Gasteiger partial charge in [0.05, 0.1) is 18.2 Å². The Balaban J connectivity index is 2.84. The van der Waals surface area contributed by atoms with Crippen LogP contribution in [0.25, 0.3) is 0 Å². The molecule has 3 nitrogen and oxygen atoms in total. The second kappa shape index (κ2) is 7.10. The zero-order valence-electron chi connectivity index (χ0n) is 11.1. The number of halogens is 1. The van der Waals surface area contributed by atoms with E-state index in [1.54, 1.807) is 13.2 Å². The molecule has 0 fully saturated rings. The molecule has 0 heterocycles. The zero-order valence-corrected chi connectivity index (χ0v) is 11.1. The van der Waals surface area contributed by atoms with E-state index in [-0.39, 0.29) is 11.9 Å². The van der Waals surface area contributed by atoms with Crippen LogP contribution in [0.5, 0.6) is 0 Å². The fraction of sp³-hybridized carbons (Fsp3) is 0.500. The Morgan fingerprint density at radius 2 is 2.22 bits per heavy atom. The first kappa shape index (κ1) is 14.6. The third-order valence-electron chi connectivity index (χ3n) is 2.99. The molecule has 0 saturated carbocycles. The minimum absolute atomic E-state index is 0.213. The molecular weight excluding hydrogens is 231 g/mol. The molecule has 1 aromatic carbocycles. The lowest BCUT2D eigenvalue weighted by atomic mass is 10.1. The van der Waals surface area contributed by atoms with Crippen LogP contribution in [0.2, 0.25) is 0 Å². The monoisotopic (exact) mass is 250 g/mol. The molecule has 0 saturated heterocycles. The van der Waals surface area contributed by atoms with Gasteiger partial charge in [-0.3, -0.25) is 4.90 Å². The Hall–Kier alpha value is -1.44. The van der Waals surface area contributed by atoms with Crippen molar-refractivity contribution in [3.05, 3.63) is 35.1 Å². The van der Waals surface area contributed by atoms with Crippen LogP contribution in [0.4, 0.5) is 4.39 Å². The van der Waals surface area contributed by atoms with E-state index in [1.807, 2.05) is 19.9 Å². The van der Waals surface area contributed by atoms with Crippen LogP contribution in [-0.4, -0.2) is 31.2 Å². The van der Waals surface area contributed by atoms with Gasteiger partial charge in [-0.15, -0.1) is 0 Å². The molecule has 4 heteroatoms. The van der Waals surface area contributed by atoms with Gasteiger partial charge in [-0.05, 0) is 31.7 Å². The van der Waals surface area contributed by atoms with E-state index in [0.717, 1.165) is 6.54 Å². The van der Waals surface area contributed by atoms with Gasteiger partial charge in [0, 0.05) is 25.3 Å². The molecule has 0 radical (unpaired) electrons. The molecule has 0 bridgehead atoms. The number of likely N-dealkylation sites (N-methyl/N-ethyl adjacent to an activating group) is 1. The van der Waals surface area contributed by atoms with Crippen molar-refractivity contribution >= 4 is 0 Å². The van der Waals surface area contributed by atoms with Crippen LogP contribution in [0, 0.1) is 17.1 Å². The maximum atomic E-state index is 13.7. The highest BCUT2D eigenvalue weighted by atomic mass is 19.1. The summed E-state index contributed by atoms with van der Waals surface area (Å²) in [6.07, 6.45) is 0. The van der Waals surface area contributed by atoms with Crippen molar-refractivity contribution in [1.29, 1.82) is 5.26 Å². The number of ether oxygens (including phenoxy) is 1. The van der Waals surface area contributed by atoms with Crippen molar-refractivity contribution in [1.82, 2.24) is 4.90 Å². The predicted molar refractivity (Wildman–Crippen MR) is 68.5 cm³/mol. The standard InChI is InChI=1S/C14H19FN2O/c1-4-17(11(2)10-18-3)9-13-7-12(8-16)5-6-14(13)15/h5-7,11H,4,9-10H2,1-3H3. The molecule has 0 spiro atoms. The van der Waals surface area contributed by atoms with Gasteiger partial charge >= 0.3 is 0 Å². The number of hydrogen-bond acceptors (Lipinski definition) is 3. The second-order valence-electron chi connectivity index (χ2n) is 4.29. The molecular formula is C14H19FN2O. The van der Waals surface area contributed by atoms with E-state index < -0.39 is 0 Å². The molecule has 1 aromatic rings. The third-order valence-corrected chi connectivity index (χ3v) is 2.99. The minimum Gasteiger partial charge on any atom is -0.383 e. The number of nitrogens with zero attached hydrogens (tertiary/aromatic N) is 2. The lowest BCUT2D eigenvalue weighted by Gasteiger charge is -2.27. The summed E-state index contributed by atoms with van der Waals surface area (Å²) in [4.78, 5) is 2.11. The Kier molecular flexibility index (Phi) is 5.76. The molecule has 0 aliphatic carbocycles. The van der Waals surface area contributed by atoms with Gasteiger partial charge < -0.3 is 4.74 Å². The third kappa shape index (κ3) is 3.80. The number of nitriles is 1. The van der Waals surface area contributed by atoms with Crippen LogP contribution in [0.3, 0.4) is 0 Å². The van der Waals surface area contributed by atoms with E-state index in [2.05, 4.69) is 4.90 Å². The fourth-order valence-corrected chi connectivity index (χ4v) is 1.91. The maximum Gasteiger partial charge on any atom is 0.127 e. The quantitative estimate of drug-likeness (QED) is 0.778. The Labute approximate surface area is 108 Å². The number of hydrogen-bond donors (Lipinski definition) is 0. The van der Waals surface area contributed by atoms with Gasteiger partial charge in [0.25, 0.3) is 0 Å². The lowest BCUT2D eigenvalue weighted by molar-refractivity contribution is 0.0975. The van der Waals surface area contributed by atoms with Crippen LogP contribution in [0.15, 0.2) is 18.2 Å². The molecule has 18 heavy (non-hydrogen) atoms. The molecule has 0 N–H and O–H groups in total. The molecule has 0 amide bonds. The van der Waals surface area contributed by atoms with Gasteiger partial charge in [0.1, 0.15) is 5.82 Å². The fourth-order valence-electron chi connectivity index (χ4n) is 1.91. The predicted octanol–water partition coefficient (Wildman–Crippen LogP) is 2.55. The zero-order chi connectivity index (χ0) is 13.5. The molecule has 1 rings (SSSR count). The largest absolute Gasteiger partial charge is 0.383 e. The van der Waals surface area contributed by atoms with E-state index in [1.165, 1.54) is 12.1 Å². The average Bonchev–Trinajstić information content (AvgIpc) is 2.38. The summed E-state index contributed by atoms with van der Waals surface area (Å²) in [7, 11) is 1.65. The van der Waals surface area contributed by atoms with E-state index in [4.69, 9.17) is 10.00 Å². The first-order chi connectivity index (χ1) is 8.62. The number of methoxy groups -OCH3 is 1. The van der Waals surface area contributed by atoms with E-state index >= 15 is 0 Å². The molecule has 98 valence electrons. The summed E-state index contributed by atoms with van der Waals surface area (Å²) in [6.45, 7) is 5.97. The Morgan fingerprint density at radius 1 is 1.50 bits per heavy atom. The van der Waals surface area contributed by atoms with Crippen molar-refractivity contribution in [2.45, 2.75) is 26.4 Å². The van der Waals surface area contributed by atoms with Crippen molar-refractivity contribution in [3.8, 4) is 6.07 Å². The summed E-state index contributed by atoms with van der Waals surface area (Å²) in [5.41, 5.74) is 1.04. The molecule has 0 aromatic heterocycles. The summed E-state index contributed by atoms with van der Waals surface area (Å²) in [5.74, 6) is -0.267. The van der Waals surface area contributed by atoms with Crippen molar-refractivity contribution in [3.63, 3.8) is 0 Å². The SMILES string of the molecule is CCN(Cc1cc(C#N)ccc1F)C(C)COC. The normalized spacial score (nSPS) is 12.4. The number of benzene rings is 1. The molecule has 0 aliphatic rings. The molecule has 0 aliphatic heterocycles. The molecule has 1 unspecified atom stereocenters. The average molecular weight is 250 g/mol. The maximum absolute atomic E-state index is 13.7. The topological polar surface area (TPSA) is 36.3 Å². The first-order valence-electron chi connectivity index (χ1n) is 6.03. The van der Waals surface area contributed by atoms with Crippen LogP contribution in [0.1, 0.15) is 25.0 Å². The summed E-state index contributed by atoms with van der Waals surface area (Å²) < 4.78 is 18.8.